The van der Waals surface area contributed by atoms with Crippen molar-refractivity contribution in [2.45, 2.75) is 56.7 Å². The van der Waals surface area contributed by atoms with Crippen molar-refractivity contribution in [3.05, 3.63) is 0 Å². The number of carbonyl (C=O) groups excluding carboxylic acids is 4. The van der Waals surface area contributed by atoms with Gasteiger partial charge in [0.25, 0.3) is 0 Å². The highest BCUT2D eigenvalue weighted by Crippen LogP contribution is 2.03. The second-order valence-corrected chi connectivity index (χ2v) is 7.25. The molecule has 0 saturated carbocycles. The predicted molar refractivity (Wildman–Crippen MR) is 119 cm³/mol. The number of carboxylic acid groups (broad SMARTS) is 1. The van der Waals surface area contributed by atoms with Gasteiger partial charge in [-0.25, -0.2) is 4.79 Å². The molecule has 0 rings (SSSR count). The second kappa shape index (κ2) is 16.2. The van der Waals surface area contributed by atoms with Crippen molar-refractivity contribution in [3.63, 3.8) is 0 Å². The lowest BCUT2D eigenvalue weighted by molar-refractivity contribution is -0.143. The van der Waals surface area contributed by atoms with Gasteiger partial charge in [0, 0.05) is 6.54 Å². The highest BCUT2D eigenvalue weighted by Gasteiger charge is 2.25. The first kappa shape index (κ1) is 29.5. The second-order valence-electron chi connectivity index (χ2n) is 7.25. The maximum Gasteiger partial charge on any atom is 0.326 e. The van der Waals surface area contributed by atoms with E-state index in [-0.39, 0.29) is 18.8 Å². The van der Waals surface area contributed by atoms with Gasteiger partial charge in [-0.1, -0.05) is 0 Å². The molecule has 3 atom stereocenters. The van der Waals surface area contributed by atoms with E-state index < -0.39 is 60.7 Å². The molecule has 0 spiro atoms. The van der Waals surface area contributed by atoms with Crippen LogP contribution in [0.5, 0.6) is 0 Å². The van der Waals surface area contributed by atoms with Crippen molar-refractivity contribution < 1.29 is 29.1 Å². The van der Waals surface area contributed by atoms with Gasteiger partial charge in [0.1, 0.15) is 12.1 Å². The number of nitrogens with zero attached hydrogens (tertiary/aromatic N) is 1. The fourth-order valence-electron chi connectivity index (χ4n) is 2.63. The molecule has 0 aliphatic heterocycles. The van der Waals surface area contributed by atoms with E-state index in [4.69, 9.17) is 33.8 Å². The van der Waals surface area contributed by atoms with Crippen molar-refractivity contribution in [2.24, 2.45) is 33.7 Å². The molecule has 0 aromatic carbocycles. The Balaban J connectivity index is 4.84. The van der Waals surface area contributed by atoms with Crippen LogP contribution in [-0.4, -0.2) is 78.4 Å². The minimum Gasteiger partial charge on any atom is -0.480 e. The van der Waals surface area contributed by atoms with Crippen LogP contribution >= 0.6 is 0 Å². The number of rotatable bonds is 17. The molecule has 3 unspecified atom stereocenters. The van der Waals surface area contributed by atoms with Crippen LogP contribution in [-0.2, 0) is 24.0 Å². The zero-order valence-electron chi connectivity index (χ0n) is 18.4. The number of amides is 4. The normalized spacial score (nSPS) is 13.2. The number of nitrogens with one attached hydrogen (secondary N) is 3. The number of unbranched alkanes of at least 4 members (excludes halogenated alkanes) is 1. The molecule has 0 bridgehead atoms. The van der Waals surface area contributed by atoms with E-state index in [0.29, 0.717) is 32.4 Å². The van der Waals surface area contributed by atoms with Gasteiger partial charge in [0.05, 0.1) is 19.0 Å². The lowest BCUT2D eigenvalue weighted by Gasteiger charge is -2.21. The molecule has 0 aromatic heterocycles. The first-order valence-electron chi connectivity index (χ1n) is 10.4. The van der Waals surface area contributed by atoms with Gasteiger partial charge in [0.15, 0.2) is 5.96 Å². The Bertz CT molecular complexity index is 712. The third-order valence-electron chi connectivity index (χ3n) is 4.35. The molecular weight excluding hydrogens is 438 g/mol. The van der Waals surface area contributed by atoms with E-state index >= 15 is 0 Å². The minimum absolute atomic E-state index is 0.0713. The average molecular weight is 474 g/mol. The van der Waals surface area contributed by atoms with Gasteiger partial charge in [-0.3, -0.25) is 24.2 Å². The van der Waals surface area contributed by atoms with Crippen molar-refractivity contribution >= 4 is 35.6 Å². The molecule has 15 nitrogen and oxygen atoms in total. The zero-order chi connectivity index (χ0) is 25.4. The van der Waals surface area contributed by atoms with Gasteiger partial charge in [0.2, 0.25) is 23.6 Å². The van der Waals surface area contributed by atoms with Crippen molar-refractivity contribution in [2.75, 3.05) is 19.6 Å². The molecule has 0 aromatic rings. The first-order valence-corrected chi connectivity index (χ1v) is 10.4. The van der Waals surface area contributed by atoms with Crippen LogP contribution in [0.25, 0.3) is 0 Å². The number of carbonyl (C=O) groups is 5. The number of nitrogens with two attached hydrogens (primary N) is 5. The largest absolute Gasteiger partial charge is 0.480 e. The average Bonchev–Trinajstić information content (AvgIpc) is 2.73. The number of primary amides is 1. The number of carboxylic acids is 1. The van der Waals surface area contributed by atoms with E-state index in [9.17, 15) is 24.0 Å². The summed E-state index contributed by atoms with van der Waals surface area (Å²) in [5.41, 5.74) is 26.7. The molecule has 0 heterocycles. The molecule has 188 valence electrons. The Kier molecular flexibility index (Phi) is 14.5. The highest BCUT2D eigenvalue weighted by molar-refractivity contribution is 5.93. The predicted octanol–water partition coefficient (Wildman–Crippen LogP) is -4.46. The van der Waals surface area contributed by atoms with Crippen molar-refractivity contribution in [3.8, 4) is 0 Å². The molecule has 0 fully saturated rings. The summed E-state index contributed by atoms with van der Waals surface area (Å²) in [6.07, 6.45) is 1.51. The van der Waals surface area contributed by atoms with E-state index in [1.54, 1.807) is 0 Å². The first-order chi connectivity index (χ1) is 15.5. The van der Waals surface area contributed by atoms with E-state index in [1.807, 2.05) is 0 Å². The Morgan fingerprint density at radius 3 is 2.09 bits per heavy atom. The highest BCUT2D eigenvalue weighted by atomic mass is 16.4. The summed E-state index contributed by atoms with van der Waals surface area (Å²) in [6, 6.07) is -3.41. The summed E-state index contributed by atoms with van der Waals surface area (Å²) in [5.74, 6) is -4.51. The summed E-state index contributed by atoms with van der Waals surface area (Å²) in [7, 11) is 0. The molecule has 14 N–H and O–H groups in total. The van der Waals surface area contributed by atoms with Gasteiger partial charge >= 0.3 is 5.97 Å². The Labute approximate surface area is 191 Å². The smallest absolute Gasteiger partial charge is 0.326 e. The van der Waals surface area contributed by atoms with Crippen molar-refractivity contribution in [1.82, 2.24) is 16.0 Å². The molecule has 0 radical (unpaired) electrons. The maximum atomic E-state index is 12.5. The fourth-order valence-corrected chi connectivity index (χ4v) is 2.63. The van der Waals surface area contributed by atoms with Gasteiger partial charge in [-0.05, 0) is 38.6 Å². The standard InChI is InChI=1S/C18H35N9O6/c19-6-2-1-5-11(27-15(30)10(20)4-3-7-24-18(22)23)16(31)25-9-14(29)26-12(17(32)33)8-13(21)28/h10-12H,1-9,19-20H2,(H2,21,28)(H,25,31)(H,26,29)(H,27,30)(H,32,33)(H4,22,23,24). The Hall–Kier alpha value is -3.46. The monoisotopic (exact) mass is 473 g/mol. The third kappa shape index (κ3) is 14.3. The molecule has 33 heavy (non-hydrogen) atoms. The van der Waals surface area contributed by atoms with Crippen LogP contribution in [0.4, 0.5) is 0 Å². The van der Waals surface area contributed by atoms with Gasteiger partial charge in [-0.2, -0.15) is 0 Å². The zero-order valence-corrected chi connectivity index (χ0v) is 18.4. The quantitative estimate of drug-likeness (QED) is 0.0554. The van der Waals surface area contributed by atoms with Crippen LogP contribution in [0.3, 0.4) is 0 Å². The molecule has 0 aliphatic rings. The molecule has 0 saturated heterocycles. The van der Waals surface area contributed by atoms with Gasteiger partial charge in [-0.15, -0.1) is 0 Å². The minimum atomic E-state index is -1.52. The van der Waals surface area contributed by atoms with Crippen molar-refractivity contribution in [1.29, 1.82) is 0 Å². The number of hydrogen-bond acceptors (Lipinski definition) is 8. The van der Waals surface area contributed by atoms with Crippen LogP contribution < -0.4 is 44.6 Å². The summed E-state index contributed by atoms with van der Waals surface area (Å²) < 4.78 is 0. The van der Waals surface area contributed by atoms with E-state index in [2.05, 4.69) is 20.9 Å². The summed E-state index contributed by atoms with van der Waals surface area (Å²) in [4.78, 5) is 62.6. The third-order valence-corrected chi connectivity index (χ3v) is 4.35. The van der Waals surface area contributed by atoms with Crippen LogP contribution in [0.1, 0.15) is 38.5 Å². The number of aliphatic imine (C=N–C) groups is 1. The molecule has 0 aliphatic carbocycles. The van der Waals surface area contributed by atoms with Crippen LogP contribution in [0, 0.1) is 0 Å². The molecular formula is C18H35N9O6. The number of guanidine groups is 1. The topological polar surface area (TPSA) is 284 Å². The maximum absolute atomic E-state index is 12.5. The molecule has 15 heteroatoms. The van der Waals surface area contributed by atoms with E-state index in [1.165, 1.54) is 0 Å². The summed E-state index contributed by atoms with van der Waals surface area (Å²) in [5, 5.41) is 16.0. The molecule has 4 amide bonds. The Morgan fingerprint density at radius 1 is 0.879 bits per heavy atom. The Morgan fingerprint density at radius 2 is 1.55 bits per heavy atom. The summed E-state index contributed by atoms with van der Waals surface area (Å²) >= 11 is 0. The number of aliphatic carboxylic acids is 1. The van der Waals surface area contributed by atoms with Crippen LogP contribution in [0.2, 0.25) is 0 Å². The van der Waals surface area contributed by atoms with Gasteiger partial charge < -0.3 is 49.7 Å². The van der Waals surface area contributed by atoms with E-state index in [0.717, 1.165) is 0 Å². The lowest BCUT2D eigenvalue weighted by Crippen LogP contribution is -2.53. The lowest BCUT2D eigenvalue weighted by atomic mass is 10.1. The number of hydrogen-bond donors (Lipinski definition) is 9. The SMILES string of the molecule is NCCCCC(NC(=O)C(N)CCCN=C(N)N)C(=O)NCC(=O)NC(CC(N)=O)C(=O)O. The fraction of sp³-hybridized carbons (Fsp3) is 0.667. The summed E-state index contributed by atoms with van der Waals surface area (Å²) in [6.45, 7) is 0.118. The van der Waals surface area contributed by atoms with Crippen LogP contribution in [0.15, 0.2) is 4.99 Å².